The number of fused-ring (bicyclic) bond motifs is 2. The number of ether oxygens (including phenoxy) is 1. The summed E-state index contributed by atoms with van der Waals surface area (Å²) in [6.07, 6.45) is -4.57. The molecule has 0 amide bonds. The van der Waals surface area contributed by atoms with Gasteiger partial charge in [0, 0.05) is 7.05 Å². The number of carbonyl (C=O) groups is 1. The molecule has 186 valence electrons. The van der Waals surface area contributed by atoms with Crippen LogP contribution >= 0.6 is 11.3 Å². The van der Waals surface area contributed by atoms with Crippen LogP contribution in [0.2, 0.25) is 0 Å². The maximum Gasteiger partial charge on any atom is 0.416 e. The molecule has 0 fully saturated rings. The Kier molecular flexibility index (Phi) is 5.47. The smallest absolute Gasteiger partial charge is 0.416 e. The summed E-state index contributed by atoms with van der Waals surface area (Å²) in [5, 5.41) is 3.93. The summed E-state index contributed by atoms with van der Waals surface area (Å²) >= 11 is 0.933. The van der Waals surface area contributed by atoms with Gasteiger partial charge in [0.15, 0.2) is 0 Å². The Morgan fingerprint density at radius 2 is 1.92 bits per heavy atom. The Morgan fingerprint density at radius 3 is 2.61 bits per heavy atom. The number of hydrogen-bond donors (Lipinski definition) is 0. The number of thiazole rings is 1. The molecule has 0 saturated carbocycles. The predicted molar refractivity (Wildman–Crippen MR) is 124 cm³/mol. The number of alkyl halides is 3. The minimum atomic E-state index is -4.60. The summed E-state index contributed by atoms with van der Waals surface area (Å²) in [5.74, 6) is -1.10. The van der Waals surface area contributed by atoms with Crippen LogP contribution in [0.25, 0.3) is 15.9 Å². The number of esters is 1. The van der Waals surface area contributed by atoms with Crippen molar-refractivity contribution in [1.82, 2.24) is 18.9 Å². The van der Waals surface area contributed by atoms with Gasteiger partial charge < -0.3 is 9.30 Å². The molecule has 0 bridgehead atoms. The molecule has 0 N–H and O–H groups in total. The first-order valence-electron chi connectivity index (χ1n) is 10.7. The number of nitrogens with zero attached hydrogens (tertiary/aromatic N) is 4. The molecule has 1 atom stereocenters. The first-order valence-corrected chi connectivity index (χ1v) is 11.5. The molecule has 5 rings (SSSR count). The van der Waals surface area contributed by atoms with Crippen LogP contribution in [-0.4, -0.2) is 32.0 Å². The van der Waals surface area contributed by atoms with Crippen LogP contribution in [0.15, 0.2) is 50.8 Å². The largest absolute Gasteiger partial charge is 0.464 e. The molecule has 1 aliphatic carbocycles. The fraction of sp³-hybridized carbons (Fsp3) is 0.261. The first kappa shape index (κ1) is 23.7. The third kappa shape index (κ3) is 3.58. The Morgan fingerprint density at radius 1 is 1.17 bits per heavy atom. The molecule has 2 heterocycles. The van der Waals surface area contributed by atoms with Crippen molar-refractivity contribution in [3.63, 3.8) is 0 Å². The second kappa shape index (κ2) is 8.29. The highest BCUT2D eigenvalue weighted by molar-refractivity contribution is 7.16. The zero-order valence-electron chi connectivity index (χ0n) is 18.8. The fourth-order valence-electron chi connectivity index (χ4n) is 4.58. The van der Waals surface area contributed by atoms with Crippen molar-refractivity contribution in [2.24, 2.45) is 7.05 Å². The number of carbonyl (C=O) groups excluding carboxylic acids is 1. The topological polar surface area (TPSA) is 105 Å². The van der Waals surface area contributed by atoms with E-state index in [0.717, 1.165) is 33.8 Å². The van der Waals surface area contributed by atoms with E-state index in [0.29, 0.717) is 10.2 Å². The highest BCUT2D eigenvalue weighted by Crippen LogP contribution is 2.41. The van der Waals surface area contributed by atoms with Crippen molar-refractivity contribution in [2.45, 2.75) is 25.1 Å². The monoisotopic (exact) mass is 518 g/mol. The van der Waals surface area contributed by atoms with Crippen LogP contribution in [0.4, 0.5) is 13.2 Å². The summed E-state index contributed by atoms with van der Waals surface area (Å²) in [5.41, 5.74) is -2.59. The minimum absolute atomic E-state index is 0.000222. The van der Waals surface area contributed by atoms with Gasteiger partial charge in [-0.1, -0.05) is 23.5 Å². The number of hydrogen-bond acceptors (Lipinski definition) is 7. The standard InChI is InChI=1S/C23H17F3N4O5S/c1-28-16-8-6-11(10-17(16)36-22(28)34)30-21(33)29(19(31)18(27-30)20(32)35-2)15-9-7-12-13(15)4-3-5-14(12)23(24,25)26/h3-6,8,10,15H,7,9H2,1-2H3. The Bertz CT molecular complexity index is 1730. The molecular formula is C23H17F3N4O5S. The molecule has 0 saturated heterocycles. The van der Waals surface area contributed by atoms with E-state index < -0.39 is 40.7 Å². The average molecular weight is 518 g/mol. The van der Waals surface area contributed by atoms with E-state index in [1.54, 1.807) is 13.1 Å². The van der Waals surface area contributed by atoms with Crippen molar-refractivity contribution in [3.05, 3.63) is 89.3 Å². The minimum Gasteiger partial charge on any atom is -0.464 e. The average Bonchev–Trinajstić information content (AvgIpc) is 3.38. The van der Waals surface area contributed by atoms with Crippen LogP contribution in [0, 0.1) is 0 Å². The zero-order chi connectivity index (χ0) is 25.9. The molecule has 2 aromatic carbocycles. The molecule has 9 nitrogen and oxygen atoms in total. The molecule has 1 unspecified atom stereocenters. The van der Waals surface area contributed by atoms with E-state index in [1.165, 1.54) is 28.8 Å². The van der Waals surface area contributed by atoms with Gasteiger partial charge in [0.2, 0.25) is 5.69 Å². The van der Waals surface area contributed by atoms with Crippen LogP contribution in [-0.2, 0) is 24.4 Å². The molecule has 0 spiro atoms. The lowest BCUT2D eigenvalue weighted by atomic mass is 10.0. The summed E-state index contributed by atoms with van der Waals surface area (Å²) in [4.78, 5) is 51.0. The van der Waals surface area contributed by atoms with Gasteiger partial charge in [0.05, 0.1) is 34.6 Å². The van der Waals surface area contributed by atoms with Crippen LogP contribution in [0.5, 0.6) is 0 Å². The lowest BCUT2D eigenvalue weighted by Crippen LogP contribution is -2.46. The summed E-state index contributed by atoms with van der Waals surface area (Å²) in [7, 11) is 2.63. The second-order valence-corrected chi connectivity index (χ2v) is 9.21. The molecule has 36 heavy (non-hydrogen) atoms. The van der Waals surface area contributed by atoms with Crippen LogP contribution in [0.1, 0.15) is 39.6 Å². The van der Waals surface area contributed by atoms with Gasteiger partial charge in [-0.2, -0.15) is 23.0 Å². The lowest BCUT2D eigenvalue weighted by molar-refractivity contribution is -0.138. The van der Waals surface area contributed by atoms with Gasteiger partial charge in [-0.25, -0.2) is 14.2 Å². The van der Waals surface area contributed by atoms with Gasteiger partial charge in [0.1, 0.15) is 0 Å². The van der Waals surface area contributed by atoms with E-state index in [9.17, 15) is 32.3 Å². The van der Waals surface area contributed by atoms with E-state index in [-0.39, 0.29) is 34.5 Å². The number of rotatable bonds is 3. The zero-order valence-corrected chi connectivity index (χ0v) is 19.6. The third-order valence-corrected chi connectivity index (χ3v) is 7.26. The van der Waals surface area contributed by atoms with Crippen molar-refractivity contribution in [3.8, 4) is 5.69 Å². The van der Waals surface area contributed by atoms with Crippen molar-refractivity contribution < 1.29 is 22.7 Å². The normalized spacial score (nSPS) is 15.3. The van der Waals surface area contributed by atoms with Crippen LogP contribution in [0.3, 0.4) is 0 Å². The number of methoxy groups -OCH3 is 1. The number of benzene rings is 2. The fourth-order valence-corrected chi connectivity index (χ4v) is 5.49. The van der Waals surface area contributed by atoms with Crippen molar-refractivity contribution in [1.29, 1.82) is 0 Å². The predicted octanol–water partition coefficient (Wildman–Crippen LogP) is 2.65. The summed E-state index contributed by atoms with van der Waals surface area (Å²) in [6, 6.07) is 7.15. The second-order valence-electron chi connectivity index (χ2n) is 8.21. The molecule has 1 aliphatic rings. The van der Waals surface area contributed by atoms with Gasteiger partial charge in [0.25, 0.3) is 5.56 Å². The van der Waals surface area contributed by atoms with Gasteiger partial charge >= 0.3 is 22.7 Å². The first-order chi connectivity index (χ1) is 17.0. The van der Waals surface area contributed by atoms with E-state index >= 15 is 0 Å². The molecule has 0 aliphatic heterocycles. The van der Waals surface area contributed by atoms with E-state index in [1.807, 2.05) is 0 Å². The summed E-state index contributed by atoms with van der Waals surface area (Å²) < 4.78 is 48.9. The molecule has 13 heteroatoms. The Labute approximate surface area is 203 Å². The number of aromatic nitrogens is 4. The highest BCUT2D eigenvalue weighted by Gasteiger charge is 2.39. The Hall–Kier alpha value is -4.00. The van der Waals surface area contributed by atoms with Crippen molar-refractivity contribution >= 4 is 27.5 Å². The third-order valence-electron chi connectivity index (χ3n) is 6.26. The van der Waals surface area contributed by atoms with Crippen molar-refractivity contribution in [2.75, 3.05) is 7.11 Å². The van der Waals surface area contributed by atoms with Gasteiger partial charge in [-0.05, 0) is 48.2 Å². The lowest BCUT2D eigenvalue weighted by Gasteiger charge is -2.18. The summed E-state index contributed by atoms with van der Waals surface area (Å²) in [6.45, 7) is 0. The molecule has 0 radical (unpaired) electrons. The number of aryl methyl sites for hydroxylation is 1. The molecule has 2 aromatic heterocycles. The van der Waals surface area contributed by atoms with Gasteiger partial charge in [-0.15, -0.1) is 0 Å². The van der Waals surface area contributed by atoms with Gasteiger partial charge in [-0.3, -0.25) is 9.59 Å². The molecular weight excluding hydrogens is 501 g/mol. The quantitative estimate of drug-likeness (QED) is 0.386. The Balaban J connectivity index is 1.77. The highest BCUT2D eigenvalue weighted by atomic mass is 32.1. The van der Waals surface area contributed by atoms with E-state index in [4.69, 9.17) is 0 Å². The SMILES string of the molecule is COC(=O)c1nn(-c2ccc3c(c2)sc(=O)n3C)c(=O)n(C2CCc3c2cccc3C(F)(F)F)c1=O. The van der Waals surface area contributed by atoms with E-state index in [2.05, 4.69) is 9.84 Å². The maximum atomic E-state index is 13.6. The maximum absolute atomic E-state index is 13.6. The van der Waals surface area contributed by atoms with Crippen LogP contribution < -0.4 is 16.1 Å². The number of halogens is 3. The molecule has 4 aromatic rings.